The summed E-state index contributed by atoms with van der Waals surface area (Å²) in [5.41, 5.74) is 6.44. The molecule has 0 spiro atoms. The highest BCUT2D eigenvalue weighted by Crippen LogP contribution is 2.34. The van der Waals surface area contributed by atoms with Gasteiger partial charge < -0.3 is 35.1 Å². The van der Waals surface area contributed by atoms with Gasteiger partial charge in [-0.25, -0.2) is 14.8 Å². The Bertz CT molecular complexity index is 2400. The summed E-state index contributed by atoms with van der Waals surface area (Å²) in [6, 6.07) is 27.2. The number of aromatic amines is 2. The van der Waals surface area contributed by atoms with Crippen molar-refractivity contribution in [3.05, 3.63) is 108 Å². The van der Waals surface area contributed by atoms with Crippen molar-refractivity contribution < 1.29 is 23.9 Å². The van der Waals surface area contributed by atoms with Crippen LogP contribution in [0.2, 0.25) is 0 Å². The number of nitrogens with one attached hydrogen (secondary N) is 4. The minimum absolute atomic E-state index is 0.0109. The van der Waals surface area contributed by atoms with Crippen molar-refractivity contribution in [2.45, 2.75) is 51.2 Å². The number of benzene rings is 4. The Morgan fingerprint density at radius 3 is 2.41 bits per heavy atom. The fourth-order valence-electron chi connectivity index (χ4n) is 7.33. The average molecular weight is 753 g/mol. The fourth-order valence-corrected chi connectivity index (χ4v) is 7.33. The molecule has 1 unspecified atom stereocenters. The molecule has 0 radical (unpaired) electrons. The molecule has 2 aromatic heterocycles. The number of carbonyl (C=O) groups excluding carboxylic acids is 4. The summed E-state index contributed by atoms with van der Waals surface area (Å²) in [6.45, 7) is 3.34. The number of ether oxygens (including phenoxy) is 1. The van der Waals surface area contributed by atoms with E-state index in [-0.39, 0.29) is 36.2 Å². The summed E-state index contributed by atoms with van der Waals surface area (Å²) in [7, 11) is 1.26. The molecular formula is C43H44N8O5. The Morgan fingerprint density at radius 2 is 1.70 bits per heavy atom. The molecule has 286 valence electrons. The Balaban J connectivity index is 0.967. The van der Waals surface area contributed by atoms with Crippen LogP contribution in [-0.2, 0) is 25.7 Å². The van der Waals surface area contributed by atoms with Crippen molar-refractivity contribution in [2.24, 2.45) is 5.92 Å². The fraction of sp³-hybridized carbons (Fsp3) is 0.302. The first-order valence-corrected chi connectivity index (χ1v) is 19.1. The van der Waals surface area contributed by atoms with Gasteiger partial charge in [0.05, 0.1) is 42.6 Å². The van der Waals surface area contributed by atoms with Crippen LogP contribution >= 0.6 is 0 Å². The molecule has 3 heterocycles. The molecule has 13 nitrogen and oxygen atoms in total. The number of H-pyrrole nitrogens is 2. The van der Waals surface area contributed by atoms with E-state index < -0.39 is 12.1 Å². The zero-order valence-electron chi connectivity index (χ0n) is 31.4. The van der Waals surface area contributed by atoms with E-state index in [0.29, 0.717) is 31.3 Å². The SMILES string of the molecule is CCCN(Cc1nc2c(ccc3cc(-c4ccc(-c5cnc(C6CCN6C(=O)CNC(=O)OC)[nH]5)cc4)ccc32)[nH]1)C(=O)[C@H](NC(=O)C1CC1)c1ccccc1. The first-order valence-electron chi connectivity index (χ1n) is 19.1. The summed E-state index contributed by atoms with van der Waals surface area (Å²) in [5.74, 6) is 0.979. The molecule has 6 aromatic rings. The van der Waals surface area contributed by atoms with Crippen molar-refractivity contribution in [3.63, 3.8) is 0 Å². The van der Waals surface area contributed by atoms with Crippen LogP contribution in [0.4, 0.5) is 4.79 Å². The number of amides is 4. The number of hydrogen-bond donors (Lipinski definition) is 4. The van der Waals surface area contributed by atoms with Gasteiger partial charge in [0.1, 0.15) is 24.2 Å². The van der Waals surface area contributed by atoms with Crippen molar-refractivity contribution >= 4 is 45.6 Å². The quantitative estimate of drug-likeness (QED) is 0.106. The lowest BCUT2D eigenvalue weighted by Crippen LogP contribution is -2.49. The maximum Gasteiger partial charge on any atom is 0.407 e. The van der Waals surface area contributed by atoms with Gasteiger partial charge >= 0.3 is 6.09 Å². The highest BCUT2D eigenvalue weighted by molar-refractivity contribution is 6.05. The largest absolute Gasteiger partial charge is 0.453 e. The van der Waals surface area contributed by atoms with Crippen LogP contribution in [0, 0.1) is 5.92 Å². The summed E-state index contributed by atoms with van der Waals surface area (Å²) < 4.78 is 4.56. The first-order chi connectivity index (χ1) is 27.3. The Morgan fingerprint density at radius 1 is 0.929 bits per heavy atom. The summed E-state index contributed by atoms with van der Waals surface area (Å²) in [4.78, 5) is 70.8. The van der Waals surface area contributed by atoms with Crippen LogP contribution in [-0.4, -0.2) is 80.3 Å². The molecule has 4 aromatic carbocycles. The molecule has 2 fully saturated rings. The Hall–Kier alpha value is -6.50. The van der Waals surface area contributed by atoms with Gasteiger partial charge in [-0.05, 0) is 65.5 Å². The van der Waals surface area contributed by atoms with Crippen LogP contribution in [0.1, 0.15) is 61.9 Å². The van der Waals surface area contributed by atoms with Crippen LogP contribution in [0.25, 0.3) is 44.2 Å². The van der Waals surface area contributed by atoms with E-state index in [1.165, 1.54) is 7.11 Å². The maximum absolute atomic E-state index is 14.1. The molecule has 0 bridgehead atoms. The summed E-state index contributed by atoms with van der Waals surface area (Å²) in [5, 5.41) is 7.53. The van der Waals surface area contributed by atoms with E-state index in [0.717, 1.165) is 75.4 Å². The molecule has 8 rings (SSSR count). The number of aromatic nitrogens is 4. The van der Waals surface area contributed by atoms with E-state index in [1.807, 2.05) is 55.5 Å². The number of nitrogens with zero attached hydrogens (tertiary/aromatic N) is 4. The Labute approximate surface area is 323 Å². The second kappa shape index (κ2) is 15.7. The summed E-state index contributed by atoms with van der Waals surface area (Å²) in [6.07, 6.45) is 4.42. The normalized spacial score (nSPS) is 15.6. The third-order valence-corrected chi connectivity index (χ3v) is 10.6. The molecule has 1 aliphatic carbocycles. The van der Waals surface area contributed by atoms with Gasteiger partial charge in [0.2, 0.25) is 17.7 Å². The van der Waals surface area contributed by atoms with Crippen molar-refractivity contribution in [1.29, 1.82) is 0 Å². The smallest absolute Gasteiger partial charge is 0.407 e. The van der Waals surface area contributed by atoms with Crippen LogP contribution < -0.4 is 10.6 Å². The third kappa shape index (κ3) is 7.57. The minimum Gasteiger partial charge on any atom is -0.453 e. The predicted octanol–water partition coefficient (Wildman–Crippen LogP) is 6.41. The number of carbonyl (C=O) groups is 4. The third-order valence-electron chi connectivity index (χ3n) is 10.6. The molecule has 56 heavy (non-hydrogen) atoms. The van der Waals surface area contributed by atoms with E-state index in [9.17, 15) is 19.2 Å². The van der Waals surface area contributed by atoms with Crippen molar-refractivity contribution in [3.8, 4) is 22.4 Å². The molecule has 4 N–H and O–H groups in total. The molecular weight excluding hydrogens is 709 g/mol. The lowest BCUT2D eigenvalue weighted by Gasteiger charge is -2.39. The van der Waals surface area contributed by atoms with Crippen LogP contribution in [0.15, 0.2) is 91.1 Å². The monoisotopic (exact) mass is 752 g/mol. The molecule has 13 heteroatoms. The van der Waals surface area contributed by atoms with Crippen LogP contribution in [0.5, 0.6) is 0 Å². The minimum atomic E-state index is -0.759. The highest BCUT2D eigenvalue weighted by Gasteiger charge is 2.36. The van der Waals surface area contributed by atoms with Gasteiger partial charge in [0.25, 0.3) is 0 Å². The van der Waals surface area contributed by atoms with E-state index in [4.69, 9.17) is 4.98 Å². The number of hydrogen-bond acceptors (Lipinski definition) is 7. The molecule has 1 saturated carbocycles. The predicted molar refractivity (Wildman–Crippen MR) is 212 cm³/mol. The number of methoxy groups -OCH3 is 1. The molecule has 2 atom stereocenters. The standard InChI is InChI=1S/C43H44N8O5/c1-3-20-50(42(54)38(28-7-5-4-6-8-28)49-41(53)29-13-14-29)25-36-46-33-18-16-31-22-30(15-17-32(31)39(33)48-36)26-9-11-27(12-10-26)34-23-44-40(47-34)35-19-21-51(35)37(52)24-45-43(55)56-2/h4-12,15-18,22-23,29,35,38H,3,13-14,19-21,24-25H2,1-2H3,(H,44,47)(H,45,55)(H,46,48)(H,49,53)/t35?,38-/m1/s1. The van der Waals surface area contributed by atoms with Crippen molar-refractivity contribution in [2.75, 3.05) is 26.7 Å². The number of imidazole rings is 2. The van der Waals surface area contributed by atoms with Crippen molar-refractivity contribution in [1.82, 2.24) is 40.4 Å². The zero-order valence-corrected chi connectivity index (χ0v) is 31.4. The van der Waals surface area contributed by atoms with E-state index in [2.05, 4.69) is 66.7 Å². The zero-order chi connectivity index (χ0) is 38.8. The Kier molecular flexibility index (Phi) is 10.2. The number of likely N-dealkylation sites (tertiary alicyclic amines) is 1. The first kappa shape index (κ1) is 36.5. The average Bonchev–Trinajstić information content (AvgIpc) is 3.82. The molecule has 2 aliphatic rings. The topological polar surface area (TPSA) is 165 Å². The number of fused-ring (bicyclic) bond motifs is 3. The van der Waals surface area contributed by atoms with Gasteiger partial charge in [-0.15, -0.1) is 0 Å². The second-order valence-electron chi connectivity index (χ2n) is 14.5. The number of alkyl carbamates (subject to hydrolysis) is 1. The molecule has 4 amide bonds. The van der Waals surface area contributed by atoms with Crippen LogP contribution in [0.3, 0.4) is 0 Å². The van der Waals surface area contributed by atoms with Gasteiger partial charge in [-0.1, -0.05) is 79.7 Å². The van der Waals surface area contributed by atoms with Gasteiger partial charge in [0, 0.05) is 24.4 Å². The lowest BCUT2D eigenvalue weighted by atomic mass is 9.99. The van der Waals surface area contributed by atoms with Gasteiger partial charge in [0.15, 0.2) is 0 Å². The molecule has 1 saturated heterocycles. The van der Waals surface area contributed by atoms with Gasteiger partial charge in [-0.3, -0.25) is 14.4 Å². The highest BCUT2D eigenvalue weighted by atomic mass is 16.5. The van der Waals surface area contributed by atoms with Gasteiger partial charge in [-0.2, -0.15) is 0 Å². The lowest BCUT2D eigenvalue weighted by molar-refractivity contribution is -0.138. The number of rotatable bonds is 13. The van der Waals surface area contributed by atoms with E-state index >= 15 is 0 Å². The summed E-state index contributed by atoms with van der Waals surface area (Å²) >= 11 is 0. The molecule has 1 aliphatic heterocycles. The second-order valence-corrected chi connectivity index (χ2v) is 14.5. The van der Waals surface area contributed by atoms with E-state index in [1.54, 1.807) is 16.0 Å². The maximum atomic E-state index is 14.1.